The van der Waals surface area contributed by atoms with Gasteiger partial charge in [0.25, 0.3) is 11.8 Å². The quantitative estimate of drug-likeness (QED) is 0.635. The van der Waals surface area contributed by atoms with Crippen LogP contribution in [0.25, 0.3) is 0 Å². The Morgan fingerprint density at radius 3 is 2.47 bits per heavy atom. The van der Waals surface area contributed by atoms with Gasteiger partial charge < -0.3 is 14.2 Å². The van der Waals surface area contributed by atoms with Crippen LogP contribution >= 0.6 is 0 Å². The molecule has 4 rings (SSSR count). The van der Waals surface area contributed by atoms with Crippen molar-refractivity contribution in [3.05, 3.63) is 77.9 Å². The van der Waals surface area contributed by atoms with Crippen molar-refractivity contribution in [2.45, 2.75) is 44.7 Å². The number of aryl methyl sites for hydroxylation is 1. The van der Waals surface area contributed by atoms with Crippen molar-refractivity contribution in [3.8, 4) is 0 Å². The fourth-order valence-corrected chi connectivity index (χ4v) is 3.80. The first-order valence-electron chi connectivity index (χ1n) is 10.0. The molecule has 1 aromatic carbocycles. The van der Waals surface area contributed by atoms with Crippen molar-refractivity contribution in [3.63, 3.8) is 0 Å². The predicted molar refractivity (Wildman–Crippen MR) is 109 cm³/mol. The maximum atomic E-state index is 14.4. The van der Waals surface area contributed by atoms with Crippen molar-refractivity contribution in [1.82, 2.24) is 5.32 Å². The third-order valence-corrected chi connectivity index (χ3v) is 5.41. The van der Waals surface area contributed by atoms with Crippen LogP contribution in [0.15, 0.2) is 63.8 Å². The van der Waals surface area contributed by atoms with Crippen LogP contribution in [-0.2, 0) is 4.79 Å². The number of carbonyl (C=O) groups is 2. The zero-order valence-electron chi connectivity index (χ0n) is 16.6. The Balaban J connectivity index is 1.78. The Bertz CT molecular complexity index is 1010. The molecule has 2 heterocycles. The number of amides is 2. The lowest BCUT2D eigenvalue weighted by molar-refractivity contribution is -0.123. The maximum Gasteiger partial charge on any atom is 0.295 e. The molecule has 0 aliphatic heterocycles. The summed E-state index contributed by atoms with van der Waals surface area (Å²) >= 11 is 0. The Hall–Kier alpha value is -3.35. The summed E-state index contributed by atoms with van der Waals surface area (Å²) in [5, 5.41) is 3.03. The van der Waals surface area contributed by atoms with Crippen molar-refractivity contribution in [2.24, 2.45) is 0 Å². The number of anilines is 1. The van der Waals surface area contributed by atoms with Crippen LogP contribution in [0, 0.1) is 12.7 Å². The van der Waals surface area contributed by atoms with Gasteiger partial charge in [-0.25, -0.2) is 4.39 Å². The molecule has 156 valence electrons. The van der Waals surface area contributed by atoms with Crippen molar-refractivity contribution >= 4 is 17.5 Å². The number of rotatable bonds is 6. The molecule has 0 bridgehead atoms. The van der Waals surface area contributed by atoms with Gasteiger partial charge >= 0.3 is 0 Å². The summed E-state index contributed by atoms with van der Waals surface area (Å²) in [5.74, 6) is -1.09. The van der Waals surface area contributed by atoms with E-state index >= 15 is 0 Å². The van der Waals surface area contributed by atoms with Crippen LogP contribution in [0.1, 0.15) is 53.6 Å². The van der Waals surface area contributed by atoms with E-state index in [1.54, 1.807) is 37.3 Å². The predicted octanol–water partition coefficient (Wildman–Crippen LogP) is 4.77. The molecule has 7 heteroatoms. The van der Waals surface area contributed by atoms with Crippen molar-refractivity contribution in [1.29, 1.82) is 0 Å². The fourth-order valence-electron chi connectivity index (χ4n) is 3.80. The number of hydrogen-bond donors (Lipinski definition) is 1. The first kappa shape index (κ1) is 19.9. The molecular weight excluding hydrogens is 387 g/mol. The molecule has 0 spiro atoms. The molecule has 2 amide bonds. The topological polar surface area (TPSA) is 75.7 Å². The molecule has 0 radical (unpaired) electrons. The van der Waals surface area contributed by atoms with E-state index in [0.717, 1.165) is 25.7 Å². The Morgan fingerprint density at radius 1 is 1.10 bits per heavy atom. The first-order valence-corrected chi connectivity index (χ1v) is 10.0. The SMILES string of the molecule is Cc1ccc(N(C(=O)c2ccco2)C(C(=O)NC2CCCC2)c2ccco2)cc1F. The molecule has 30 heavy (non-hydrogen) atoms. The normalized spacial score (nSPS) is 15.1. The molecule has 1 N–H and O–H groups in total. The summed E-state index contributed by atoms with van der Waals surface area (Å²) in [7, 11) is 0. The van der Waals surface area contributed by atoms with Gasteiger partial charge in [-0.2, -0.15) is 0 Å². The Kier molecular flexibility index (Phi) is 5.70. The van der Waals surface area contributed by atoms with Gasteiger partial charge in [0.05, 0.1) is 12.5 Å². The molecule has 1 fully saturated rings. The highest BCUT2D eigenvalue weighted by molar-refractivity contribution is 6.08. The highest BCUT2D eigenvalue weighted by atomic mass is 19.1. The lowest BCUT2D eigenvalue weighted by atomic mass is 10.1. The summed E-state index contributed by atoms with van der Waals surface area (Å²) in [4.78, 5) is 27.9. The molecule has 1 atom stereocenters. The highest BCUT2D eigenvalue weighted by Crippen LogP contribution is 2.32. The second-order valence-corrected chi connectivity index (χ2v) is 7.49. The molecule has 1 aliphatic rings. The lowest BCUT2D eigenvalue weighted by Gasteiger charge is -2.30. The average Bonchev–Trinajstić information content (AvgIpc) is 3.50. The van der Waals surface area contributed by atoms with E-state index in [1.807, 2.05) is 0 Å². The Labute approximate surface area is 173 Å². The van der Waals surface area contributed by atoms with Crippen LogP contribution in [-0.4, -0.2) is 17.9 Å². The van der Waals surface area contributed by atoms with E-state index in [1.165, 1.54) is 29.6 Å². The molecule has 1 unspecified atom stereocenters. The van der Waals surface area contributed by atoms with Crippen molar-refractivity contribution < 1.29 is 22.8 Å². The van der Waals surface area contributed by atoms with Crippen LogP contribution in [0.2, 0.25) is 0 Å². The Morgan fingerprint density at radius 2 is 1.83 bits per heavy atom. The first-order chi connectivity index (χ1) is 14.5. The summed E-state index contributed by atoms with van der Waals surface area (Å²) in [6, 6.07) is 9.73. The fraction of sp³-hybridized carbons (Fsp3) is 0.304. The largest absolute Gasteiger partial charge is 0.467 e. The lowest BCUT2D eigenvalue weighted by Crippen LogP contribution is -2.46. The van der Waals surface area contributed by atoms with Crippen LogP contribution < -0.4 is 10.2 Å². The molecule has 2 aromatic heterocycles. The van der Waals surface area contributed by atoms with Gasteiger partial charge in [0.15, 0.2) is 11.8 Å². The zero-order chi connectivity index (χ0) is 21.1. The third kappa shape index (κ3) is 4.01. The summed E-state index contributed by atoms with van der Waals surface area (Å²) in [5.41, 5.74) is 0.677. The second-order valence-electron chi connectivity index (χ2n) is 7.49. The second kappa shape index (κ2) is 8.57. The minimum absolute atomic E-state index is 0.0428. The summed E-state index contributed by atoms with van der Waals surface area (Å²) < 4.78 is 25.2. The van der Waals surface area contributed by atoms with E-state index in [2.05, 4.69) is 5.32 Å². The zero-order valence-corrected chi connectivity index (χ0v) is 16.6. The standard InChI is InChI=1S/C23H23FN2O4/c1-15-10-11-17(14-18(15)24)26(23(28)20-9-5-13-30-20)21(19-8-4-12-29-19)22(27)25-16-6-2-3-7-16/h4-5,8-14,16,21H,2-3,6-7H2,1H3,(H,25,27). The molecule has 6 nitrogen and oxygen atoms in total. The summed E-state index contributed by atoms with van der Waals surface area (Å²) in [6.07, 6.45) is 6.70. The minimum atomic E-state index is -1.11. The number of nitrogens with one attached hydrogen (secondary N) is 1. The molecule has 0 saturated heterocycles. The van der Waals surface area contributed by atoms with Gasteiger partial charge in [-0.1, -0.05) is 18.9 Å². The van der Waals surface area contributed by atoms with E-state index in [-0.39, 0.29) is 29.2 Å². The molecule has 3 aromatic rings. The van der Waals surface area contributed by atoms with Gasteiger partial charge in [-0.05, 0) is 61.7 Å². The average molecular weight is 410 g/mol. The third-order valence-electron chi connectivity index (χ3n) is 5.41. The van der Waals surface area contributed by atoms with Gasteiger partial charge in [-0.15, -0.1) is 0 Å². The molecule has 1 aliphatic carbocycles. The maximum absolute atomic E-state index is 14.4. The molecule has 1 saturated carbocycles. The minimum Gasteiger partial charge on any atom is -0.467 e. The number of hydrogen-bond acceptors (Lipinski definition) is 4. The van der Waals surface area contributed by atoms with Crippen LogP contribution in [0.3, 0.4) is 0 Å². The van der Waals surface area contributed by atoms with E-state index < -0.39 is 17.8 Å². The number of halogens is 1. The van der Waals surface area contributed by atoms with Gasteiger partial charge in [0.1, 0.15) is 11.6 Å². The van der Waals surface area contributed by atoms with E-state index in [0.29, 0.717) is 5.56 Å². The van der Waals surface area contributed by atoms with Crippen LogP contribution in [0.5, 0.6) is 0 Å². The number of nitrogens with zero attached hydrogens (tertiary/aromatic N) is 1. The number of furan rings is 2. The smallest absolute Gasteiger partial charge is 0.295 e. The van der Waals surface area contributed by atoms with Gasteiger partial charge in [-0.3, -0.25) is 14.5 Å². The van der Waals surface area contributed by atoms with E-state index in [9.17, 15) is 14.0 Å². The molecular formula is C23H23FN2O4. The monoisotopic (exact) mass is 410 g/mol. The van der Waals surface area contributed by atoms with Crippen molar-refractivity contribution in [2.75, 3.05) is 4.90 Å². The number of carbonyl (C=O) groups excluding carboxylic acids is 2. The number of benzene rings is 1. The van der Waals surface area contributed by atoms with E-state index in [4.69, 9.17) is 8.83 Å². The van der Waals surface area contributed by atoms with Gasteiger partial charge in [0.2, 0.25) is 0 Å². The van der Waals surface area contributed by atoms with Gasteiger partial charge in [0, 0.05) is 11.7 Å². The van der Waals surface area contributed by atoms with Crippen LogP contribution in [0.4, 0.5) is 10.1 Å². The highest BCUT2D eigenvalue weighted by Gasteiger charge is 2.37. The summed E-state index contributed by atoms with van der Waals surface area (Å²) in [6.45, 7) is 1.63.